The molecule has 1 aliphatic rings. The van der Waals surface area contributed by atoms with Crippen LogP contribution in [-0.4, -0.2) is 19.5 Å². The van der Waals surface area contributed by atoms with Crippen LogP contribution in [0, 0.1) is 5.92 Å². The molecule has 1 saturated heterocycles. The van der Waals surface area contributed by atoms with E-state index in [2.05, 4.69) is 23.6 Å². The smallest absolute Gasteiger partial charge is 0.251 e. The maximum Gasteiger partial charge on any atom is 0.251 e. The minimum Gasteiger partial charge on any atom is -0.355 e. The molecule has 0 bridgehead atoms. The van der Waals surface area contributed by atoms with Gasteiger partial charge >= 0.3 is 0 Å². The summed E-state index contributed by atoms with van der Waals surface area (Å²) >= 11 is 0. The summed E-state index contributed by atoms with van der Waals surface area (Å²) in [7, 11) is 1.66. The van der Waals surface area contributed by atoms with Gasteiger partial charge in [-0.3, -0.25) is 4.79 Å². The number of benzene rings is 1. The minimum absolute atomic E-state index is 0.0176. The van der Waals surface area contributed by atoms with Crippen LogP contribution in [0.5, 0.6) is 0 Å². The van der Waals surface area contributed by atoms with E-state index in [1.807, 2.05) is 18.2 Å². The molecule has 92 valence electrons. The number of rotatable bonds is 2. The average molecular weight is 232 g/mol. The predicted molar refractivity (Wildman–Crippen MR) is 69.0 cm³/mol. The molecule has 2 N–H and O–H groups in total. The van der Waals surface area contributed by atoms with E-state index in [9.17, 15) is 4.79 Å². The molecule has 0 spiro atoms. The number of hydrogen-bond donors (Lipinski definition) is 2. The van der Waals surface area contributed by atoms with Crippen molar-refractivity contribution in [3.63, 3.8) is 0 Å². The summed E-state index contributed by atoms with van der Waals surface area (Å²) in [5, 5.41) is 6.20. The molecule has 0 radical (unpaired) electrons. The molecule has 2 unspecified atom stereocenters. The lowest BCUT2D eigenvalue weighted by molar-refractivity contribution is 0.0963. The highest BCUT2D eigenvalue weighted by Gasteiger charge is 2.19. The van der Waals surface area contributed by atoms with Crippen molar-refractivity contribution in [2.45, 2.75) is 25.8 Å². The highest BCUT2D eigenvalue weighted by molar-refractivity contribution is 5.94. The molecular formula is C14H20N2O. The van der Waals surface area contributed by atoms with Crippen LogP contribution in [0.3, 0.4) is 0 Å². The van der Waals surface area contributed by atoms with E-state index < -0.39 is 0 Å². The van der Waals surface area contributed by atoms with Gasteiger partial charge in [0.15, 0.2) is 0 Å². The second-order valence-electron chi connectivity index (χ2n) is 4.85. The fourth-order valence-corrected chi connectivity index (χ4v) is 2.32. The van der Waals surface area contributed by atoms with Crippen LogP contribution in [0.25, 0.3) is 0 Å². The third-order valence-electron chi connectivity index (χ3n) is 3.44. The molecule has 1 heterocycles. The van der Waals surface area contributed by atoms with E-state index in [-0.39, 0.29) is 5.91 Å². The third-order valence-corrected chi connectivity index (χ3v) is 3.44. The van der Waals surface area contributed by atoms with Crippen molar-refractivity contribution in [2.75, 3.05) is 13.6 Å². The summed E-state index contributed by atoms with van der Waals surface area (Å²) in [5.74, 6) is 0.740. The summed E-state index contributed by atoms with van der Waals surface area (Å²) in [6.45, 7) is 3.33. The van der Waals surface area contributed by atoms with Crippen molar-refractivity contribution in [3.05, 3.63) is 35.4 Å². The Morgan fingerprint density at radius 2 is 2.24 bits per heavy atom. The Bertz CT molecular complexity index is 395. The van der Waals surface area contributed by atoms with Gasteiger partial charge in [-0.2, -0.15) is 0 Å². The summed E-state index contributed by atoms with van der Waals surface area (Å²) in [5.41, 5.74) is 1.96. The Kier molecular flexibility index (Phi) is 3.79. The number of nitrogens with one attached hydrogen (secondary N) is 2. The fraction of sp³-hybridized carbons (Fsp3) is 0.500. The van der Waals surface area contributed by atoms with Crippen LogP contribution in [-0.2, 0) is 0 Å². The molecule has 0 aromatic heterocycles. The summed E-state index contributed by atoms with van der Waals surface area (Å²) < 4.78 is 0. The standard InChI is InChI=1S/C14H20N2O/c1-10-6-7-13(16-9-10)11-4-3-5-12(8-11)14(17)15-2/h3-5,8,10,13,16H,6-7,9H2,1-2H3,(H,15,17). The van der Waals surface area contributed by atoms with E-state index in [1.54, 1.807) is 7.05 Å². The summed E-state index contributed by atoms with van der Waals surface area (Å²) in [4.78, 5) is 11.6. The highest BCUT2D eigenvalue weighted by Crippen LogP contribution is 2.25. The first kappa shape index (κ1) is 12.1. The third kappa shape index (κ3) is 2.86. The Morgan fingerprint density at radius 1 is 1.41 bits per heavy atom. The highest BCUT2D eigenvalue weighted by atomic mass is 16.1. The Balaban J connectivity index is 2.13. The fourth-order valence-electron chi connectivity index (χ4n) is 2.32. The number of amides is 1. The van der Waals surface area contributed by atoms with Gasteiger partial charge in [0.1, 0.15) is 0 Å². The van der Waals surface area contributed by atoms with Crippen LogP contribution in [0.4, 0.5) is 0 Å². The van der Waals surface area contributed by atoms with Gasteiger partial charge < -0.3 is 10.6 Å². The van der Waals surface area contributed by atoms with Crippen molar-refractivity contribution in [3.8, 4) is 0 Å². The van der Waals surface area contributed by atoms with Crippen molar-refractivity contribution in [1.82, 2.24) is 10.6 Å². The molecule has 1 aromatic rings. The lowest BCUT2D eigenvalue weighted by Gasteiger charge is -2.28. The van der Waals surface area contributed by atoms with Crippen molar-refractivity contribution < 1.29 is 4.79 Å². The van der Waals surface area contributed by atoms with Gasteiger partial charge in [0.05, 0.1) is 0 Å². The van der Waals surface area contributed by atoms with Crippen molar-refractivity contribution >= 4 is 5.91 Å². The Morgan fingerprint density at radius 3 is 2.88 bits per heavy atom. The van der Waals surface area contributed by atoms with Crippen molar-refractivity contribution in [1.29, 1.82) is 0 Å². The van der Waals surface area contributed by atoms with Crippen LogP contribution < -0.4 is 10.6 Å². The van der Waals surface area contributed by atoms with Gasteiger partial charge in [-0.15, -0.1) is 0 Å². The first-order valence-electron chi connectivity index (χ1n) is 6.26. The van der Waals surface area contributed by atoms with Gasteiger partial charge in [0.25, 0.3) is 5.91 Å². The number of hydrogen-bond acceptors (Lipinski definition) is 2. The van der Waals surface area contributed by atoms with Gasteiger partial charge in [-0.25, -0.2) is 0 Å². The second kappa shape index (κ2) is 5.32. The maximum absolute atomic E-state index is 11.6. The molecule has 2 rings (SSSR count). The Hall–Kier alpha value is -1.35. The molecule has 1 aliphatic heterocycles. The molecule has 3 nitrogen and oxygen atoms in total. The molecule has 3 heteroatoms. The van der Waals surface area contributed by atoms with E-state index in [1.165, 1.54) is 12.0 Å². The number of carbonyl (C=O) groups excluding carboxylic acids is 1. The molecular weight excluding hydrogens is 212 g/mol. The second-order valence-corrected chi connectivity index (χ2v) is 4.85. The first-order valence-corrected chi connectivity index (χ1v) is 6.26. The zero-order chi connectivity index (χ0) is 12.3. The van der Waals surface area contributed by atoms with Crippen LogP contribution in [0.2, 0.25) is 0 Å². The Labute approximate surface area is 103 Å². The maximum atomic E-state index is 11.6. The van der Waals surface area contributed by atoms with E-state index in [0.29, 0.717) is 6.04 Å². The molecule has 1 fully saturated rings. The summed E-state index contributed by atoms with van der Waals surface area (Å²) in [6, 6.07) is 8.30. The molecule has 0 aliphatic carbocycles. The quantitative estimate of drug-likeness (QED) is 0.820. The zero-order valence-corrected chi connectivity index (χ0v) is 10.5. The zero-order valence-electron chi connectivity index (χ0n) is 10.5. The van der Waals surface area contributed by atoms with Gasteiger partial charge in [0.2, 0.25) is 0 Å². The van der Waals surface area contributed by atoms with Crippen LogP contribution >= 0.6 is 0 Å². The number of carbonyl (C=O) groups is 1. The largest absolute Gasteiger partial charge is 0.355 e. The SMILES string of the molecule is CNC(=O)c1cccc(C2CCC(C)CN2)c1. The summed E-state index contributed by atoms with van der Waals surface area (Å²) in [6.07, 6.45) is 2.40. The van der Waals surface area contributed by atoms with Crippen molar-refractivity contribution in [2.24, 2.45) is 5.92 Å². The predicted octanol–water partition coefficient (Wildman–Crippen LogP) is 2.11. The van der Waals surface area contributed by atoms with Gasteiger partial charge in [0, 0.05) is 18.7 Å². The van der Waals surface area contributed by atoms with Gasteiger partial charge in [-0.1, -0.05) is 19.1 Å². The molecule has 17 heavy (non-hydrogen) atoms. The van der Waals surface area contributed by atoms with E-state index in [4.69, 9.17) is 0 Å². The molecule has 2 atom stereocenters. The number of piperidine rings is 1. The topological polar surface area (TPSA) is 41.1 Å². The van der Waals surface area contributed by atoms with Crippen LogP contribution in [0.1, 0.15) is 41.7 Å². The lowest BCUT2D eigenvalue weighted by atomic mass is 9.91. The van der Waals surface area contributed by atoms with Gasteiger partial charge in [-0.05, 0) is 43.0 Å². The lowest BCUT2D eigenvalue weighted by Crippen LogP contribution is -2.32. The monoisotopic (exact) mass is 232 g/mol. The molecule has 1 amide bonds. The average Bonchev–Trinajstić information content (AvgIpc) is 2.39. The van der Waals surface area contributed by atoms with E-state index >= 15 is 0 Å². The minimum atomic E-state index is -0.0176. The first-order chi connectivity index (χ1) is 8.20. The van der Waals surface area contributed by atoms with E-state index in [0.717, 1.165) is 24.4 Å². The molecule has 1 aromatic carbocycles. The normalized spacial score (nSPS) is 24.4. The van der Waals surface area contributed by atoms with Crippen LogP contribution in [0.15, 0.2) is 24.3 Å². The molecule has 0 saturated carbocycles.